The number of ether oxygens (including phenoxy) is 3. The molecule has 0 amide bonds. The first-order chi connectivity index (χ1) is 50.2. The van der Waals surface area contributed by atoms with Crippen LogP contribution in [0.2, 0.25) is 0 Å². The van der Waals surface area contributed by atoms with E-state index in [0.717, 1.165) is 154 Å². The van der Waals surface area contributed by atoms with Gasteiger partial charge in [-0.05, 0) is 135 Å². The summed E-state index contributed by atoms with van der Waals surface area (Å²) in [5, 5.41) is 20.6. The summed E-state index contributed by atoms with van der Waals surface area (Å²) in [6.45, 7) is 2.37. The first-order valence-corrected chi connectivity index (χ1v) is 43.1. The van der Waals surface area contributed by atoms with Crippen LogP contribution < -0.4 is 0 Å². The molecule has 0 radical (unpaired) electrons. The summed E-state index contributed by atoms with van der Waals surface area (Å²) in [6, 6.07) is 0. The molecule has 0 fully saturated rings. The fraction of sp³-hybridized carbons (Fsp3) is 0.682. The van der Waals surface area contributed by atoms with Crippen LogP contribution in [0.1, 0.15) is 316 Å². The Morgan fingerprint density at radius 2 is 0.515 bits per heavy atom. The van der Waals surface area contributed by atoms with E-state index in [2.05, 4.69) is 167 Å². The van der Waals surface area contributed by atoms with Gasteiger partial charge in [0.1, 0.15) is 25.4 Å². The largest absolute Gasteiger partial charge is 0.472 e. The van der Waals surface area contributed by atoms with E-state index in [-0.39, 0.29) is 19.3 Å². The molecular formula is C85H144O16P2. The number of carbonyl (C=O) groups is 3. The van der Waals surface area contributed by atoms with Gasteiger partial charge in [0, 0.05) is 19.3 Å². The summed E-state index contributed by atoms with van der Waals surface area (Å²) in [4.78, 5) is 58.5. The van der Waals surface area contributed by atoms with Crippen molar-refractivity contribution in [2.75, 3.05) is 39.6 Å². The molecule has 0 aromatic heterocycles. The first-order valence-electron chi connectivity index (χ1n) is 40.1. The molecule has 4 N–H and O–H groups in total. The molecule has 103 heavy (non-hydrogen) atoms. The highest BCUT2D eigenvalue weighted by molar-refractivity contribution is 7.47. The second-order valence-corrected chi connectivity index (χ2v) is 29.4. The molecule has 0 rings (SSSR count). The van der Waals surface area contributed by atoms with Crippen LogP contribution in [0.5, 0.6) is 0 Å². The summed E-state index contributed by atoms with van der Waals surface area (Å²) in [5.41, 5.74) is 0. The van der Waals surface area contributed by atoms with Crippen molar-refractivity contribution in [1.29, 1.82) is 0 Å². The Balaban J connectivity index is 4.40. The molecule has 18 heteroatoms. The van der Waals surface area contributed by atoms with Gasteiger partial charge in [0.25, 0.3) is 0 Å². The number of esters is 3. The smallest absolute Gasteiger partial charge is 0.463 e. The monoisotopic (exact) mass is 1480 g/mol. The maximum atomic E-state index is 12.9. The van der Waals surface area contributed by atoms with Gasteiger partial charge in [-0.2, -0.15) is 0 Å². The molecule has 0 spiro atoms. The summed E-state index contributed by atoms with van der Waals surface area (Å²) < 4.78 is 61.0. The molecule has 16 nitrogen and oxygen atoms in total. The highest BCUT2D eigenvalue weighted by Crippen LogP contribution is 2.45. The highest BCUT2D eigenvalue weighted by atomic mass is 31.2. The van der Waals surface area contributed by atoms with Gasteiger partial charge in [-0.3, -0.25) is 32.5 Å². The van der Waals surface area contributed by atoms with Crippen LogP contribution in [0.4, 0.5) is 0 Å². The second kappa shape index (κ2) is 77.1. The van der Waals surface area contributed by atoms with E-state index in [9.17, 15) is 43.5 Å². The number of phosphoric acid groups is 2. The third-order valence-corrected chi connectivity index (χ3v) is 18.4. The standard InChI is InChI=1S/C85H144O16P2/c1-4-7-10-13-16-19-22-24-26-28-30-32-34-35-36-37-38-39-40-41-42-43-45-47-48-50-52-54-57-59-62-65-68-71-83(88)95-74-80(86)75-97-102(91,92)98-76-81(87)77-99-103(93,94)100-79-82(101-85(90)73-70-67-64-61-56-21-18-15-12-9-6-3)78-96-84(89)72-69-66-63-60-58-55-53-51-49-46-44-33-31-29-27-25-23-20-17-14-11-8-5-2/h7-8,10-11,15-20,24-27,30-33,35-36,46,49,53,55,80-82,86-87H,4-6,9,12-14,21-23,28-29,34,37-45,47-48,50-52,54,56-79H2,1-3H3,(H,91,92)(H,93,94)/b10-7-,11-8-,18-15-,19-16-,20-17-,26-24-,27-25-,32-30-,33-31-,36-35-,49-46-,55-53-. The van der Waals surface area contributed by atoms with E-state index in [1.165, 1.54) is 103 Å². The number of phosphoric ester groups is 2. The van der Waals surface area contributed by atoms with Crippen LogP contribution in [-0.2, 0) is 55.8 Å². The average Bonchev–Trinajstić information content (AvgIpc) is 0.913. The Labute approximate surface area is 626 Å². The van der Waals surface area contributed by atoms with Crippen LogP contribution in [0.3, 0.4) is 0 Å². The molecule has 0 aliphatic carbocycles. The molecule has 0 bridgehead atoms. The Morgan fingerprint density at radius 1 is 0.282 bits per heavy atom. The first kappa shape index (κ1) is 98.4. The minimum Gasteiger partial charge on any atom is -0.463 e. The lowest BCUT2D eigenvalue weighted by atomic mass is 10.0. The third kappa shape index (κ3) is 78.3. The molecule has 0 saturated carbocycles. The predicted octanol–water partition coefficient (Wildman–Crippen LogP) is 23.7. The molecule has 0 aromatic carbocycles. The van der Waals surface area contributed by atoms with Crippen molar-refractivity contribution in [1.82, 2.24) is 0 Å². The minimum atomic E-state index is -4.94. The van der Waals surface area contributed by atoms with Crippen molar-refractivity contribution < 1.29 is 75.8 Å². The van der Waals surface area contributed by atoms with E-state index in [1.54, 1.807) is 0 Å². The number of carbonyl (C=O) groups excluding carboxylic acids is 3. The lowest BCUT2D eigenvalue weighted by Crippen LogP contribution is -2.30. The van der Waals surface area contributed by atoms with E-state index in [4.69, 9.17) is 32.3 Å². The maximum Gasteiger partial charge on any atom is 0.472 e. The van der Waals surface area contributed by atoms with E-state index in [0.29, 0.717) is 19.3 Å². The summed E-state index contributed by atoms with van der Waals surface area (Å²) in [7, 11) is -9.80. The summed E-state index contributed by atoms with van der Waals surface area (Å²) in [6.07, 6.45) is 95.0. The Hall–Kier alpha value is -4.57. The molecule has 0 aromatic rings. The lowest BCUT2D eigenvalue weighted by Gasteiger charge is -2.21. The zero-order valence-electron chi connectivity index (χ0n) is 64.4. The van der Waals surface area contributed by atoms with Gasteiger partial charge in [-0.25, -0.2) is 9.13 Å². The van der Waals surface area contributed by atoms with Gasteiger partial charge in [-0.15, -0.1) is 0 Å². The van der Waals surface area contributed by atoms with Crippen molar-refractivity contribution in [2.45, 2.75) is 334 Å². The van der Waals surface area contributed by atoms with Gasteiger partial charge in [0.05, 0.1) is 26.4 Å². The number of aliphatic hydroxyl groups excluding tert-OH is 2. The Kier molecular flexibility index (Phi) is 73.6. The highest BCUT2D eigenvalue weighted by Gasteiger charge is 2.29. The van der Waals surface area contributed by atoms with E-state index >= 15 is 0 Å². The molecule has 5 atom stereocenters. The molecule has 0 heterocycles. The summed E-state index contributed by atoms with van der Waals surface area (Å²) in [5.74, 6) is -1.61. The molecular weight excluding hydrogens is 1340 g/mol. The molecule has 0 aliphatic rings. The molecule has 590 valence electrons. The van der Waals surface area contributed by atoms with Crippen molar-refractivity contribution >= 4 is 33.6 Å². The molecule has 5 unspecified atom stereocenters. The SMILES string of the molecule is CC/C=C\C/C=C\C/C=C\C/C=C\C/C=C\C/C=C\CCCCCCC(=O)OCC(COP(=O)(O)OCC(O)COP(=O)(O)OCC(O)COC(=O)CCCCCCCCCCCCCCCCCCC/C=C\C/C=C\C/C=C\C/C=C\C/C=C\CC)OC(=O)CCCCCCC/C=C\CCCC. The third-order valence-electron chi connectivity index (χ3n) is 16.5. The van der Waals surface area contributed by atoms with Crippen molar-refractivity contribution in [3.05, 3.63) is 146 Å². The Bertz CT molecular complexity index is 2450. The van der Waals surface area contributed by atoms with Crippen molar-refractivity contribution in [3.8, 4) is 0 Å². The van der Waals surface area contributed by atoms with Gasteiger partial charge >= 0.3 is 33.6 Å². The van der Waals surface area contributed by atoms with Gasteiger partial charge in [0.2, 0.25) is 0 Å². The topological polar surface area (TPSA) is 231 Å². The molecule has 0 saturated heterocycles. The quantitative estimate of drug-likeness (QED) is 0.0146. The van der Waals surface area contributed by atoms with E-state index in [1.807, 2.05) is 0 Å². The van der Waals surface area contributed by atoms with Crippen molar-refractivity contribution in [2.24, 2.45) is 0 Å². The molecule has 0 aliphatic heterocycles. The number of unbranched alkanes of at least 4 members (excludes halogenated alkanes) is 28. The Morgan fingerprint density at radius 3 is 0.825 bits per heavy atom. The van der Waals surface area contributed by atoms with Crippen LogP contribution in [0, 0.1) is 0 Å². The number of hydrogen-bond acceptors (Lipinski definition) is 14. The minimum absolute atomic E-state index is 0.0849. The van der Waals surface area contributed by atoms with Gasteiger partial charge < -0.3 is 34.2 Å². The zero-order chi connectivity index (χ0) is 75.2. The normalized spacial score (nSPS) is 14.7. The van der Waals surface area contributed by atoms with E-state index < -0.39 is 91.5 Å². The van der Waals surface area contributed by atoms with Crippen LogP contribution in [-0.4, -0.2) is 95.9 Å². The summed E-state index contributed by atoms with van der Waals surface area (Å²) >= 11 is 0. The second-order valence-electron chi connectivity index (χ2n) is 26.5. The van der Waals surface area contributed by atoms with Crippen LogP contribution >= 0.6 is 15.6 Å². The van der Waals surface area contributed by atoms with Gasteiger partial charge in [0.15, 0.2) is 6.10 Å². The lowest BCUT2D eigenvalue weighted by molar-refractivity contribution is -0.161. The number of aliphatic hydroxyl groups is 2. The fourth-order valence-corrected chi connectivity index (χ4v) is 12.1. The maximum absolute atomic E-state index is 12.9. The van der Waals surface area contributed by atoms with Crippen LogP contribution in [0.15, 0.2) is 146 Å². The zero-order valence-corrected chi connectivity index (χ0v) is 66.2. The van der Waals surface area contributed by atoms with Crippen LogP contribution in [0.25, 0.3) is 0 Å². The number of hydrogen-bond donors (Lipinski definition) is 4. The number of allylic oxidation sites excluding steroid dienone is 24. The number of rotatable bonds is 75. The fourth-order valence-electron chi connectivity index (χ4n) is 10.5. The predicted molar refractivity (Wildman–Crippen MR) is 426 cm³/mol. The van der Waals surface area contributed by atoms with Crippen molar-refractivity contribution in [3.63, 3.8) is 0 Å². The van der Waals surface area contributed by atoms with Gasteiger partial charge in [-0.1, -0.05) is 308 Å². The average molecular weight is 1480 g/mol.